The molecular formula is C28H32N2O2. The molecule has 1 atom stereocenters. The van der Waals surface area contributed by atoms with Gasteiger partial charge in [0.25, 0.3) is 0 Å². The molecule has 0 aliphatic rings. The van der Waals surface area contributed by atoms with E-state index in [1.807, 2.05) is 42.5 Å². The maximum absolute atomic E-state index is 6.18. The number of benzene rings is 3. The van der Waals surface area contributed by atoms with E-state index in [0.29, 0.717) is 12.5 Å². The van der Waals surface area contributed by atoms with Crippen LogP contribution in [0.2, 0.25) is 0 Å². The molecule has 0 aliphatic heterocycles. The van der Waals surface area contributed by atoms with Crippen LogP contribution in [0.15, 0.2) is 78.9 Å². The third-order valence-electron chi connectivity index (χ3n) is 5.68. The van der Waals surface area contributed by atoms with Crippen LogP contribution in [0.4, 0.5) is 0 Å². The van der Waals surface area contributed by atoms with Crippen LogP contribution in [0.1, 0.15) is 57.0 Å². The Labute approximate surface area is 190 Å². The lowest BCUT2D eigenvalue weighted by Gasteiger charge is -2.17. The lowest BCUT2D eigenvalue weighted by Crippen LogP contribution is -2.13. The zero-order chi connectivity index (χ0) is 22.3. The Balaban J connectivity index is 1.42. The molecule has 0 saturated carbocycles. The summed E-state index contributed by atoms with van der Waals surface area (Å²) in [6.45, 7) is 8.06. The van der Waals surface area contributed by atoms with Gasteiger partial charge in [0.1, 0.15) is 11.5 Å². The number of rotatable bonds is 10. The van der Waals surface area contributed by atoms with Crippen LogP contribution < -0.4 is 9.47 Å². The third kappa shape index (κ3) is 5.13. The first kappa shape index (κ1) is 21.9. The van der Waals surface area contributed by atoms with Crippen LogP contribution in [0.5, 0.6) is 11.5 Å². The molecular weight excluding hydrogens is 396 g/mol. The molecule has 4 heteroatoms. The van der Waals surface area contributed by atoms with Crippen LogP contribution >= 0.6 is 0 Å². The van der Waals surface area contributed by atoms with Crippen molar-refractivity contribution in [2.45, 2.75) is 52.2 Å². The van der Waals surface area contributed by atoms with Crippen molar-refractivity contribution >= 4 is 11.0 Å². The van der Waals surface area contributed by atoms with E-state index in [9.17, 15) is 0 Å². The molecule has 1 unspecified atom stereocenters. The van der Waals surface area contributed by atoms with Gasteiger partial charge in [-0.3, -0.25) is 0 Å². The zero-order valence-corrected chi connectivity index (χ0v) is 19.2. The molecule has 4 rings (SSSR count). The summed E-state index contributed by atoms with van der Waals surface area (Å²) in [5.74, 6) is 3.27. The van der Waals surface area contributed by atoms with Gasteiger partial charge < -0.3 is 14.0 Å². The summed E-state index contributed by atoms with van der Waals surface area (Å²) in [5, 5.41) is 0. The van der Waals surface area contributed by atoms with Crippen molar-refractivity contribution in [3.63, 3.8) is 0 Å². The summed E-state index contributed by atoms with van der Waals surface area (Å²) in [4.78, 5) is 4.89. The first-order valence-electron chi connectivity index (χ1n) is 11.5. The minimum atomic E-state index is -0.140. The van der Waals surface area contributed by atoms with Gasteiger partial charge in [-0.1, -0.05) is 62.4 Å². The van der Waals surface area contributed by atoms with Gasteiger partial charge >= 0.3 is 0 Å². The zero-order valence-electron chi connectivity index (χ0n) is 19.2. The summed E-state index contributed by atoms with van der Waals surface area (Å²) in [7, 11) is 0. The number of aromatic nitrogens is 2. The van der Waals surface area contributed by atoms with Crippen molar-refractivity contribution in [2.24, 2.45) is 0 Å². The van der Waals surface area contributed by atoms with Crippen molar-refractivity contribution in [1.82, 2.24) is 9.55 Å². The fourth-order valence-electron chi connectivity index (χ4n) is 4.04. The van der Waals surface area contributed by atoms with Gasteiger partial charge in [-0.25, -0.2) is 4.98 Å². The maximum atomic E-state index is 6.18. The number of unbranched alkanes of at least 4 members (excludes halogenated alkanes) is 1. The normalized spacial score (nSPS) is 12.2. The second-order valence-electron chi connectivity index (χ2n) is 8.43. The largest absolute Gasteiger partial charge is 0.493 e. The van der Waals surface area contributed by atoms with E-state index in [2.05, 4.69) is 61.7 Å². The second kappa shape index (κ2) is 10.4. The number of aryl methyl sites for hydroxylation is 1. The molecule has 166 valence electrons. The maximum Gasteiger partial charge on any atom is 0.153 e. The molecule has 0 N–H and O–H groups in total. The highest BCUT2D eigenvalue weighted by atomic mass is 16.5. The van der Waals surface area contributed by atoms with E-state index >= 15 is 0 Å². The van der Waals surface area contributed by atoms with Gasteiger partial charge in [-0.2, -0.15) is 0 Å². The summed E-state index contributed by atoms with van der Waals surface area (Å²) >= 11 is 0. The summed E-state index contributed by atoms with van der Waals surface area (Å²) < 4.78 is 14.6. The molecule has 0 aliphatic carbocycles. The van der Waals surface area contributed by atoms with Crippen LogP contribution in [0.25, 0.3) is 11.0 Å². The quantitative estimate of drug-likeness (QED) is 0.251. The molecule has 0 fully saturated rings. The Morgan fingerprint density at radius 1 is 0.812 bits per heavy atom. The van der Waals surface area contributed by atoms with Crippen molar-refractivity contribution in [2.75, 3.05) is 6.61 Å². The van der Waals surface area contributed by atoms with E-state index in [-0.39, 0.29) is 6.10 Å². The van der Waals surface area contributed by atoms with Gasteiger partial charge in [0.15, 0.2) is 11.9 Å². The lowest BCUT2D eigenvalue weighted by atomic mass is 10.0. The lowest BCUT2D eigenvalue weighted by molar-refractivity contribution is 0.211. The minimum absolute atomic E-state index is 0.140. The first-order valence-corrected chi connectivity index (χ1v) is 11.5. The van der Waals surface area contributed by atoms with Crippen LogP contribution in [0.3, 0.4) is 0 Å². The fourth-order valence-corrected chi connectivity index (χ4v) is 4.04. The summed E-state index contributed by atoms with van der Waals surface area (Å²) in [5.41, 5.74) is 3.42. The summed E-state index contributed by atoms with van der Waals surface area (Å²) in [6, 6.07) is 26.6. The highest BCUT2D eigenvalue weighted by Crippen LogP contribution is 2.27. The molecule has 0 radical (unpaired) electrons. The van der Waals surface area contributed by atoms with E-state index in [1.54, 1.807) is 0 Å². The number of para-hydroxylation sites is 4. The molecule has 32 heavy (non-hydrogen) atoms. The molecule has 4 nitrogen and oxygen atoms in total. The highest BCUT2D eigenvalue weighted by Gasteiger charge is 2.18. The molecule has 0 amide bonds. The average Bonchev–Trinajstić information content (AvgIpc) is 3.18. The second-order valence-corrected chi connectivity index (χ2v) is 8.43. The summed E-state index contributed by atoms with van der Waals surface area (Å²) in [6.07, 6.45) is 1.85. The Kier molecular flexibility index (Phi) is 7.10. The third-order valence-corrected chi connectivity index (χ3v) is 5.68. The van der Waals surface area contributed by atoms with E-state index < -0.39 is 0 Å². The van der Waals surface area contributed by atoms with E-state index in [1.165, 1.54) is 5.56 Å². The number of nitrogens with zero attached hydrogens (tertiary/aromatic N) is 2. The number of fused-ring (bicyclic) bond motifs is 1. The standard InChI is InChI=1S/C28H32N2O2/c1-21(2)24-15-7-10-18-27(24)31-20-12-11-19-30-26-17-9-8-16-25(26)29-28(30)22(3)32-23-13-5-4-6-14-23/h4-10,13-18,21-22H,11-12,19-20H2,1-3H3. The first-order chi connectivity index (χ1) is 15.6. The Morgan fingerprint density at radius 3 is 2.34 bits per heavy atom. The monoisotopic (exact) mass is 428 g/mol. The van der Waals surface area contributed by atoms with Crippen LogP contribution in [0, 0.1) is 0 Å². The molecule has 4 aromatic rings. The van der Waals surface area contributed by atoms with Crippen LogP contribution in [-0.2, 0) is 6.54 Å². The van der Waals surface area contributed by atoms with Crippen molar-refractivity contribution in [3.05, 3.63) is 90.3 Å². The Hall–Kier alpha value is -3.27. The van der Waals surface area contributed by atoms with Crippen molar-refractivity contribution < 1.29 is 9.47 Å². The van der Waals surface area contributed by atoms with Gasteiger partial charge in [0, 0.05) is 6.54 Å². The van der Waals surface area contributed by atoms with Gasteiger partial charge in [0.05, 0.1) is 17.6 Å². The minimum Gasteiger partial charge on any atom is -0.493 e. The fraction of sp³-hybridized carbons (Fsp3) is 0.321. The number of hydrogen-bond acceptors (Lipinski definition) is 3. The van der Waals surface area contributed by atoms with E-state index in [4.69, 9.17) is 14.5 Å². The van der Waals surface area contributed by atoms with Crippen LogP contribution in [-0.4, -0.2) is 16.2 Å². The van der Waals surface area contributed by atoms with E-state index in [0.717, 1.165) is 47.7 Å². The average molecular weight is 429 g/mol. The predicted octanol–water partition coefficient (Wildman–Crippen LogP) is 7.16. The SMILES string of the molecule is CC(C)c1ccccc1OCCCCn1c(C(C)Oc2ccccc2)nc2ccccc21. The molecule has 0 bridgehead atoms. The smallest absolute Gasteiger partial charge is 0.153 e. The molecule has 3 aromatic carbocycles. The topological polar surface area (TPSA) is 36.3 Å². The van der Waals surface area contributed by atoms with Crippen molar-refractivity contribution in [1.29, 1.82) is 0 Å². The predicted molar refractivity (Wildman–Crippen MR) is 130 cm³/mol. The molecule has 0 spiro atoms. The van der Waals surface area contributed by atoms with Gasteiger partial charge in [-0.15, -0.1) is 0 Å². The number of hydrogen-bond donors (Lipinski definition) is 0. The highest BCUT2D eigenvalue weighted by molar-refractivity contribution is 5.76. The molecule has 0 saturated heterocycles. The molecule has 1 heterocycles. The molecule has 1 aromatic heterocycles. The number of imidazole rings is 1. The number of ether oxygens (including phenoxy) is 2. The Bertz CT molecular complexity index is 1130. The van der Waals surface area contributed by atoms with Gasteiger partial charge in [0.2, 0.25) is 0 Å². The van der Waals surface area contributed by atoms with Crippen molar-refractivity contribution in [3.8, 4) is 11.5 Å². The van der Waals surface area contributed by atoms with Gasteiger partial charge in [-0.05, 0) is 61.6 Å². The Morgan fingerprint density at radius 2 is 1.53 bits per heavy atom.